The molecule has 2 aromatic rings. The average molecular weight is 332 g/mol. The van der Waals surface area contributed by atoms with Crippen LogP contribution in [-0.4, -0.2) is 35.2 Å². The minimum Gasteiger partial charge on any atom is -0.376 e. The van der Waals surface area contributed by atoms with Gasteiger partial charge in [-0.1, -0.05) is 17.3 Å². The van der Waals surface area contributed by atoms with Crippen molar-refractivity contribution in [2.45, 2.75) is 39.3 Å². The maximum absolute atomic E-state index is 13.5. The van der Waals surface area contributed by atoms with Crippen molar-refractivity contribution >= 4 is 5.91 Å². The number of hydrogen-bond donors (Lipinski definition) is 0. The zero-order chi connectivity index (χ0) is 17.1. The molecule has 0 unspecified atom stereocenters. The second kappa shape index (κ2) is 7.13. The van der Waals surface area contributed by atoms with Gasteiger partial charge in [0.15, 0.2) is 0 Å². The summed E-state index contributed by atoms with van der Waals surface area (Å²) in [5, 5.41) is 3.86. The van der Waals surface area contributed by atoms with Crippen molar-refractivity contribution in [3.8, 4) is 0 Å². The fourth-order valence-corrected chi connectivity index (χ4v) is 3.06. The summed E-state index contributed by atoms with van der Waals surface area (Å²) in [6.45, 7) is 4.98. The van der Waals surface area contributed by atoms with Crippen LogP contribution in [0.1, 0.15) is 40.2 Å². The van der Waals surface area contributed by atoms with Crippen molar-refractivity contribution in [3.63, 3.8) is 0 Å². The van der Waals surface area contributed by atoms with Crippen molar-refractivity contribution in [1.29, 1.82) is 0 Å². The zero-order valence-corrected chi connectivity index (χ0v) is 13.9. The van der Waals surface area contributed by atoms with E-state index in [2.05, 4.69) is 5.16 Å². The molecular formula is C18H21FN2O3. The highest BCUT2D eigenvalue weighted by molar-refractivity contribution is 5.96. The van der Waals surface area contributed by atoms with Gasteiger partial charge in [-0.05, 0) is 44.4 Å². The standard InChI is InChI=1S/C18H21FN2O3/c1-12-17(13(2)24-20-12)18(22)21(11-16-7-4-8-23-16)10-14-5-3-6-15(19)9-14/h3,5-6,9,16H,4,7-8,10-11H2,1-2H3/t16-/m0/s1. The number of aryl methyl sites for hydroxylation is 2. The molecule has 0 radical (unpaired) electrons. The van der Waals surface area contributed by atoms with E-state index in [-0.39, 0.29) is 17.8 Å². The monoisotopic (exact) mass is 332 g/mol. The molecule has 1 aromatic carbocycles. The van der Waals surface area contributed by atoms with Gasteiger partial charge in [0, 0.05) is 19.7 Å². The van der Waals surface area contributed by atoms with Crippen LogP contribution in [0, 0.1) is 19.7 Å². The van der Waals surface area contributed by atoms with E-state index in [9.17, 15) is 9.18 Å². The molecule has 1 saturated heterocycles. The van der Waals surface area contributed by atoms with Gasteiger partial charge in [-0.3, -0.25) is 4.79 Å². The van der Waals surface area contributed by atoms with Gasteiger partial charge in [0.25, 0.3) is 5.91 Å². The third-order valence-electron chi connectivity index (χ3n) is 4.24. The Hall–Kier alpha value is -2.21. The number of amides is 1. The number of carbonyl (C=O) groups excluding carboxylic acids is 1. The number of nitrogens with zero attached hydrogens (tertiary/aromatic N) is 2. The first-order valence-electron chi connectivity index (χ1n) is 8.13. The number of ether oxygens (including phenoxy) is 1. The minimum atomic E-state index is -0.311. The lowest BCUT2D eigenvalue weighted by atomic mass is 10.1. The van der Waals surface area contributed by atoms with E-state index in [0.29, 0.717) is 30.1 Å². The van der Waals surface area contributed by atoms with Crippen LogP contribution in [0.25, 0.3) is 0 Å². The van der Waals surface area contributed by atoms with Crippen LogP contribution in [0.5, 0.6) is 0 Å². The van der Waals surface area contributed by atoms with Crippen molar-refractivity contribution in [2.24, 2.45) is 0 Å². The molecule has 1 atom stereocenters. The van der Waals surface area contributed by atoms with Gasteiger partial charge in [-0.2, -0.15) is 0 Å². The van der Waals surface area contributed by atoms with Crippen molar-refractivity contribution < 1.29 is 18.4 Å². The summed E-state index contributed by atoms with van der Waals surface area (Å²) >= 11 is 0. The predicted molar refractivity (Wildman–Crippen MR) is 86.1 cm³/mol. The van der Waals surface area contributed by atoms with E-state index in [1.807, 2.05) is 6.07 Å². The maximum Gasteiger partial charge on any atom is 0.259 e. The first-order chi connectivity index (χ1) is 11.5. The molecule has 5 nitrogen and oxygen atoms in total. The maximum atomic E-state index is 13.5. The van der Waals surface area contributed by atoms with Gasteiger partial charge < -0.3 is 14.2 Å². The van der Waals surface area contributed by atoms with Crippen LogP contribution in [0.3, 0.4) is 0 Å². The SMILES string of the molecule is Cc1noc(C)c1C(=O)N(Cc1cccc(F)c1)C[C@@H]1CCCO1. The number of benzene rings is 1. The second-order valence-electron chi connectivity index (χ2n) is 6.15. The number of hydrogen-bond acceptors (Lipinski definition) is 4. The molecule has 0 saturated carbocycles. The Morgan fingerprint density at radius 1 is 1.42 bits per heavy atom. The summed E-state index contributed by atoms with van der Waals surface area (Å²) in [7, 11) is 0. The number of halogens is 1. The summed E-state index contributed by atoms with van der Waals surface area (Å²) < 4.78 is 24.3. The Morgan fingerprint density at radius 2 is 2.25 bits per heavy atom. The molecule has 1 aromatic heterocycles. The first kappa shape index (κ1) is 16.6. The molecule has 0 bridgehead atoms. The van der Waals surface area contributed by atoms with Gasteiger partial charge >= 0.3 is 0 Å². The average Bonchev–Trinajstić information content (AvgIpc) is 3.16. The number of aromatic nitrogens is 1. The lowest BCUT2D eigenvalue weighted by molar-refractivity contribution is 0.0505. The summed E-state index contributed by atoms with van der Waals surface area (Å²) in [5.41, 5.74) is 1.78. The Morgan fingerprint density at radius 3 is 2.88 bits per heavy atom. The zero-order valence-electron chi connectivity index (χ0n) is 13.9. The van der Waals surface area contributed by atoms with Crippen LogP contribution in [0.4, 0.5) is 4.39 Å². The Bertz CT molecular complexity index is 703. The Balaban J connectivity index is 1.84. The normalized spacial score (nSPS) is 17.2. The van der Waals surface area contributed by atoms with Gasteiger partial charge in [-0.15, -0.1) is 0 Å². The second-order valence-corrected chi connectivity index (χ2v) is 6.15. The Labute approximate surface area is 140 Å². The van der Waals surface area contributed by atoms with E-state index in [4.69, 9.17) is 9.26 Å². The van der Waals surface area contributed by atoms with Crippen LogP contribution < -0.4 is 0 Å². The van der Waals surface area contributed by atoms with Gasteiger partial charge in [-0.25, -0.2) is 4.39 Å². The van der Waals surface area contributed by atoms with Crippen molar-refractivity contribution in [1.82, 2.24) is 10.1 Å². The summed E-state index contributed by atoms with van der Waals surface area (Å²) in [6.07, 6.45) is 1.94. The number of rotatable bonds is 5. The van der Waals surface area contributed by atoms with E-state index >= 15 is 0 Å². The van der Waals surface area contributed by atoms with E-state index in [1.165, 1.54) is 12.1 Å². The molecular weight excluding hydrogens is 311 g/mol. The van der Waals surface area contributed by atoms with Crippen molar-refractivity contribution in [3.05, 3.63) is 52.7 Å². The van der Waals surface area contributed by atoms with Crippen molar-refractivity contribution in [2.75, 3.05) is 13.2 Å². The summed E-state index contributed by atoms with van der Waals surface area (Å²) in [5.74, 6) is 0.0226. The van der Waals surface area contributed by atoms with E-state index in [1.54, 1.807) is 24.8 Å². The minimum absolute atomic E-state index is 0.0166. The van der Waals surface area contributed by atoms with Crippen LogP contribution in [0.2, 0.25) is 0 Å². The lowest BCUT2D eigenvalue weighted by Gasteiger charge is -2.25. The molecule has 1 amide bonds. The molecule has 128 valence electrons. The summed E-state index contributed by atoms with van der Waals surface area (Å²) in [6, 6.07) is 6.30. The quantitative estimate of drug-likeness (QED) is 0.843. The van der Waals surface area contributed by atoms with Crippen LogP contribution in [-0.2, 0) is 11.3 Å². The fourth-order valence-electron chi connectivity index (χ4n) is 3.06. The van der Waals surface area contributed by atoms with E-state index < -0.39 is 0 Å². The molecule has 6 heteroatoms. The molecule has 0 spiro atoms. The molecule has 1 aliphatic heterocycles. The first-order valence-corrected chi connectivity index (χ1v) is 8.13. The highest BCUT2D eigenvalue weighted by Gasteiger charge is 2.27. The van der Waals surface area contributed by atoms with E-state index in [0.717, 1.165) is 25.0 Å². The van der Waals surface area contributed by atoms with Gasteiger partial charge in [0.05, 0.1) is 11.8 Å². The highest BCUT2D eigenvalue weighted by atomic mass is 19.1. The predicted octanol–water partition coefficient (Wildman–Crippen LogP) is 3.25. The largest absolute Gasteiger partial charge is 0.376 e. The lowest BCUT2D eigenvalue weighted by Crippen LogP contribution is -2.37. The van der Waals surface area contributed by atoms with Gasteiger partial charge in [0.2, 0.25) is 0 Å². The van der Waals surface area contributed by atoms with Crippen LogP contribution in [0.15, 0.2) is 28.8 Å². The third kappa shape index (κ3) is 3.64. The molecule has 3 rings (SSSR count). The molecule has 1 fully saturated rings. The third-order valence-corrected chi connectivity index (χ3v) is 4.24. The smallest absolute Gasteiger partial charge is 0.259 e. The van der Waals surface area contributed by atoms with Gasteiger partial charge in [0.1, 0.15) is 17.1 Å². The highest BCUT2D eigenvalue weighted by Crippen LogP contribution is 2.20. The molecule has 24 heavy (non-hydrogen) atoms. The molecule has 1 aliphatic rings. The number of carbonyl (C=O) groups is 1. The topological polar surface area (TPSA) is 55.6 Å². The van der Waals surface area contributed by atoms with Crippen LogP contribution >= 0.6 is 0 Å². The fraction of sp³-hybridized carbons (Fsp3) is 0.444. The molecule has 2 heterocycles. The summed E-state index contributed by atoms with van der Waals surface area (Å²) in [4.78, 5) is 14.7. The molecule has 0 aliphatic carbocycles. The molecule has 0 N–H and O–H groups in total. The Kier molecular flexibility index (Phi) is 4.94.